The van der Waals surface area contributed by atoms with Crippen LogP contribution in [-0.4, -0.2) is 18.0 Å². The molecule has 0 spiro atoms. The predicted octanol–water partition coefficient (Wildman–Crippen LogP) is 3.14. The van der Waals surface area contributed by atoms with Crippen LogP contribution in [0.2, 0.25) is 0 Å². The third-order valence-corrected chi connectivity index (χ3v) is 3.65. The van der Waals surface area contributed by atoms with E-state index >= 15 is 0 Å². The normalized spacial score (nSPS) is 11.6. The van der Waals surface area contributed by atoms with Gasteiger partial charge in [0.1, 0.15) is 5.76 Å². The van der Waals surface area contributed by atoms with E-state index in [2.05, 4.69) is 24.8 Å². The number of nitriles is 1. The SMILES string of the molecule is CC(C)(CN)CN(Cc1ccc(C#N)cc1)Cc1ccco1. The fourth-order valence-corrected chi connectivity index (χ4v) is 2.40. The predicted molar refractivity (Wildman–Crippen MR) is 86.8 cm³/mol. The standard InChI is InChI=1S/C18H23N3O/c1-18(2,13-20)14-21(12-17-4-3-9-22-17)11-16-7-5-15(10-19)6-8-16/h3-9H,11-14,20H2,1-2H3. The first-order valence-corrected chi connectivity index (χ1v) is 7.46. The van der Waals surface area contributed by atoms with Crippen LogP contribution in [0.5, 0.6) is 0 Å². The molecule has 1 heterocycles. The Morgan fingerprint density at radius 1 is 1.18 bits per heavy atom. The number of hydrogen-bond donors (Lipinski definition) is 1. The van der Waals surface area contributed by atoms with E-state index in [1.807, 2.05) is 36.4 Å². The van der Waals surface area contributed by atoms with Crippen molar-refractivity contribution < 1.29 is 4.42 Å². The molecule has 0 unspecified atom stereocenters. The number of furan rings is 1. The van der Waals surface area contributed by atoms with Crippen LogP contribution in [0.3, 0.4) is 0 Å². The van der Waals surface area contributed by atoms with Crippen LogP contribution in [0.25, 0.3) is 0 Å². The van der Waals surface area contributed by atoms with Crippen molar-refractivity contribution in [2.75, 3.05) is 13.1 Å². The summed E-state index contributed by atoms with van der Waals surface area (Å²) in [6.07, 6.45) is 1.70. The molecule has 0 aliphatic heterocycles. The molecule has 2 rings (SSSR count). The van der Waals surface area contributed by atoms with E-state index in [4.69, 9.17) is 15.4 Å². The van der Waals surface area contributed by atoms with Gasteiger partial charge in [0.2, 0.25) is 0 Å². The molecule has 0 radical (unpaired) electrons. The minimum absolute atomic E-state index is 0.0409. The first-order chi connectivity index (χ1) is 10.5. The minimum atomic E-state index is 0.0409. The van der Waals surface area contributed by atoms with Gasteiger partial charge >= 0.3 is 0 Å². The molecule has 0 bridgehead atoms. The van der Waals surface area contributed by atoms with Gasteiger partial charge < -0.3 is 10.2 Å². The smallest absolute Gasteiger partial charge is 0.117 e. The van der Waals surface area contributed by atoms with Crippen LogP contribution in [0, 0.1) is 16.7 Å². The van der Waals surface area contributed by atoms with E-state index in [0.29, 0.717) is 12.1 Å². The van der Waals surface area contributed by atoms with E-state index in [0.717, 1.165) is 25.4 Å². The Balaban J connectivity index is 2.10. The van der Waals surface area contributed by atoms with Crippen molar-refractivity contribution in [2.24, 2.45) is 11.1 Å². The van der Waals surface area contributed by atoms with E-state index in [1.165, 1.54) is 5.56 Å². The third kappa shape index (κ3) is 4.73. The van der Waals surface area contributed by atoms with Gasteiger partial charge in [-0.3, -0.25) is 4.90 Å². The number of nitrogens with two attached hydrogens (primary N) is 1. The van der Waals surface area contributed by atoms with Crippen molar-refractivity contribution in [3.05, 3.63) is 59.5 Å². The van der Waals surface area contributed by atoms with E-state index in [-0.39, 0.29) is 5.41 Å². The summed E-state index contributed by atoms with van der Waals surface area (Å²) in [4.78, 5) is 2.33. The Hall–Kier alpha value is -2.09. The van der Waals surface area contributed by atoms with Gasteiger partial charge in [0.25, 0.3) is 0 Å². The lowest BCUT2D eigenvalue weighted by atomic mass is 9.93. The highest BCUT2D eigenvalue weighted by Gasteiger charge is 2.21. The Morgan fingerprint density at radius 2 is 1.91 bits per heavy atom. The van der Waals surface area contributed by atoms with Crippen molar-refractivity contribution in [1.29, 1.82) is 5.26 Å². The molecule has 0 aliphatic rings. The number of benzene rings is 1. The highest BCUT2D eigenvalue weighted by Crippen LogP contribution is 2.19. The summed E-state index contributed by atoms with van der Waals surface area (Å²) in [5.74, 6) is 0.946. The summed E-state index contributed by atoms with van der Waals surface area (Å²) in [7, 11) is 0. The van der Waals surface area contributed by atoms with E-state index in [9.17, 15) is 0 Å². The maximum Gasteiger partial charge on any atom is 0.117 e. The van der Waals surface area contributed by atoms with Gasteiger partial charge in [0, 0.05) is 13.1 Å². The van der Waals surface area contributed by atoms with Crippen LogP contribution in [0.4, 0.5) is 0 Å². The van der Waals surface area contributed by atoms with Crippen molar-refractivity contribution in [2.45, 2.75) is 26.9 Å². The monoisotopic (exact) mass is 297 g/mol. The third-order valence-electron chi connectivity index (χ3n) is 3.65. The fourth-order valence-electron chi connectivity index (χ4n) is 2.40. The first kappa shape index (κ1) is 16.3. The van der Waals surface area contributed by atoms with Crippen molar-refractivity contribution >= 4 is 0 Å². The molecule has 0 atom stereocenters. The second-order valence-corrected chi connectivity index (χ2v) is 6.40. The lowest BCUT2D eigenvalue weighted by Crippen LogP contribution is -2.38. The summed E-state index contributed by atoms with van der Waals surface area (Å²) in [6.45, 7) is 7.40. The van der Waals surface area contributed by atoms with Gasteiger partial charge in [-0.2, -0.15) is 5.26 Å². The van der Waals surface area contributed by atoms with Gasteiger partial charge in [-0.25, -0.2) is 0 Å². The second kappa shape index (κ2) is 7.26. The Morgan fingerprint density at radius 3 is 2.45 bits per heavy atom. The van der Waals surface area contributed by atoms with Crippen LogP contribution in [0.15, 0.2) is 47.1 Å². The molecule has 4 heteroatoms. The topological polar surface area (TPSA) is 66.2 Å². The molecule has 1 aromatic carbocycles. The van der Waals surface area contributed by atoms with Gasteiger partial charge in [0.05, 0.1) is 24.4 Å². The number of nitrogens with zero attached hydrogens (tertiary/aromatic N) is 2. The molecule has 0 amide bonds. The molecule has 0 fully saturated rings. The zero-order valence-electron chi connectivity index (χ0n) is 13.2. The molecule has 0 saturated heterocycles. The van der Waals surface area contributed by atoms with Gasteiger partial charge in [-0.15, -0.1) is 0 Å². The summed E-state index contributed by atoms with van der Waals surface area (Å²) < 4.78 is 5.47. The van der Waals surface area contributed by atoms with Crippen LogP contribution >= 0.6 is 0 Å². The van der Waals surface area contributed by atoms with Crippen molar-refractivity contribution in [3.63, 3.8) is 0 Å². The molecule has 1 aromatic heterocycles. The second-order valence-electron chi connectivity index (χ2n) is 6.40. The quantitative estimate of drug-likeness (QED) is 0.852. The zero-order chi connectivity index (χ0) is 16.0. The molecule has 4 nitrogen and oxygen atoms in total. The summed E-state index contributed by atoms with van der Waals surface area (Å²) in [5.41, 5.74) is 7.78. The van der Waals surface area contributed by atoms with Crippen molar-refractivity contribution in [1.82, 2.24) is 4.90 Å². The largest absolute Gasteiger partial charge is 0.468 e. The zero-order valence-corrected chi connectivity index (χ0v) is 13.2. The summed E-state index contributed by atoms with van der Waals surface area (Å²) in [5, 5.41) is 8.88. The van der Waals surface area contributed by atoms with Gasteiger partial charge in [-0.05, 0) is 41.8 Å². The molecular formula is C18H23N3O. The lowest BCUT2D eigenvalue weighted by molar-refractivity contribution is 0.158. The first-order valence-electron chi connectivity index (χ1n) is 7.46. The highest BCUT2D eigenvalue weighted by atomic mass is 16.3. The van der Waals surface area contributed by atoms with E-state index < -0.39 is 0 Å². The summed E-state index contributed by atoms with van der Waals surface area (Å²) >= 11 is 0. The number of rotatable bonds is 7. The van der Waals surface area contributed by atoms with Crippen LogP contribution < -0.4 is 5.73 Å². The van der Waals surface area contributed by atoms with Crippen LogP contribution in [-0.2, 0) is 13.1 Å². The molecule has 22 heavy (non-hydrogen) atoms. The molecule has 0 saturated carbocycles. The Bertz CT molecular complexity index is 609. The molecule has 0 aliphatic carbocycles. The maximum absolute atomic E-state index is 8.88. The Labute approximate surface area is 132 Å². The molecule has 2 aromatic rings. The molecular weight excluding hydrogens is 274 g/mol. The minimum Gasteiger partial charge on any atom is -0.468 e. The average Bonchev–Trinajstić information content (AvgIpc) is 3.00. The van der Waals surface area contributed by atoms with E-state index in [1.54, 1.807) is 6.26 Å². The highest BCUT2D eigenvalue weighted by molar-refractivity contribution is 5.31. The van der Waals surface area contributed by atoms with Crippen LogP contribution in [0.1, 0.15) is 30.7 Å². The summed E-state index contributed by atoms with van der Waals surface area (Å²) in [6, 6.07) is 13.8. The fraction of sp³-hybridized carbons (Fsp3) is 0.389. The average molecular weight is 297 g/mol. The van der Waals surface area contributed by atoms with Gasteiger partial charge in [0.15, 0.2) is 0 Å². The molecule has 116 valence electrons. The molecule has 2 N–H and O–H groups in total. The Kier molecular flexibility index (Phi) is 5.37. The van der Waals surface area contributed by atoms with Crippen molar-refractivity contribution in [3.8, 4) is 6.07 Å². The number of hydrogen-bond acceptors (Lipinski definition) is 4. The lowest BCUT2D eigenvalue weighted by Gasteiger charge is -2.31. The van der Waals surface area contributed by atoms with Gasteiger partial charge in [-0.1, -0.05) is 26.0 Å². The maximum atomic E-state index is 8.88.